The number of nitrogens with one attached hydrogen (secondary N) is 2. The molecule has 1 aromatic heterocycles. The van der Waals surface area contributed by atoms with E-state index in [2.05, 4.69) is 25.3 Å². The number of benzene rings is 1. The molecule has 2 aliphatic rings. The monoisotopic (exact) mass is 345 g/mol. The fourth-order valence-corrected chi connectivity index (χ4v) is 3.97. The highest BCUT2D eigenvalue weighted by atomic mass is 35.5. The zero-order chi connectivity index (χ0) is 16.4. The second-order valence-corrected chi connectivity index (χ2v) is 7.18. The van der Waals surface area contributed by atoms with E-state index in [0.717, 1.165) is 42.5 Å². The summed E-state index contributed by atoms with van der Waals surface area (Å²) in [6, 6.07) is 8.66. The largest absolute Gasteiger partial charge is 0.314 e. The maximum atomic E-state index is 6.00. The van der Waals surface area contributed by atoms with Crippen molar-refractivity contribution in [3.8, 4) is 11.3 Å². The normalized spacial score (nSPS) is 23.0. The molecule has 0 radical (unpaired) electrons. The van der Waals surface area contributed by atoms with Crippen molar-refractivity contribution < 1.29 is 0 Å². The lowest BCUT2D eigenvalue weighted by atomic mass is 10.1. The van der Waals surface area contributed by atoms with Crippen LogP contribution in [0.2, 0.25) is 5.02 Å². The molecule has 128 valence electrons. The van der Waals surface area contributed by atoms with Crippen LogP contribution >= 0.6 is 11.6 Å². The predicted octanol–water partition coefficient (Wildman–Crippen LogP) is 2.21. The van der Waals surface area contributed by atoms with Gasteiger partial charge in [0.05, 0.1) is 11.9 Å². The molecule has 0 saturated carbocycles. The fraction of sp³-hybridized carbons (Fsp3) is 0.500. The third-order valence-corrected chi connectivity index (χ3v) is 5.41. The molecule has 5 nitrogen and oxygen atoms in total. The summed E-state index contributed by atoms with van der Waals surface area (Å²) in [5, 5.41) is 11.6. The summed E-state index contributed by atoms with van der Waals surface area (Å²) in [4.78, 5) is 5.20. The number of piperazine rings is 1. The van der Waals surface area contributed by atoms with E-state index in [0.29, 0.717) is 6.04 Å². The Morgan fingerprint density at radius 1 is 1.12 bits per heavy atom. The molecule has 1 aromatic carbocycles. The summed E-state index contributed by atoms with van der Waals surface area (Å²) in [7, 11) is 0. The summed E-state index contributed by atoms with van der Waals surface area (Å²) >= 11 is 6.00. The van der Waals surface area contributed by atoms with Gasteiger partial charge < -0.3 is 5.32 Å². The Kier molecular flexibility index (Phi) is 4.85. The highest BCUT2D eigenvalue weighted by molar-refractivity contribution is 6.30. The first-order valence-electron chi connectivity index (χ1n) is 8.75. The number of hydrogen-bond acceptors (Lipinski definition) is 4. The van der Waals surface area contributed by atoms with E-state index >= 15 is 0 Å². The standard InChI is InChI=1S/C18H24ClN5/c19-16-3-1-14(2-4-16)18-15(11-21-22-18)12-23-8-5-17(13-23)24-9-6-20-7-10-24/h1-4,11,17,20H,5-10,12-13H2,(H,21,22). The Balaban J connectivity index is 1.41. The first kappa shape index (κ1) is 16.1. The number of H-pyrrole nitrogens is 1. The van der Waals surface area contributed by atoms with Gasteiger partial charge >= 0.3 is 0 Å². The number of aromatic amines is 1. The van der Waals surface area contributed by atoms with Gasteiger partial charge in [0, 0.05) is 62.4 Å². The zero-order valence-electron chi connectivity index (χ0n) is 13.8. The lowest BCUT2D eigenvalue weighted by Crippen LogP contribution is -2.49. The maximum Gasteiger partial charge on any atom is 0.0695 e. The Labute approximate surface area is 148 Å². The molecule has 1 unspecified atom stereocenters. The van der Waals surface area contributed by atoms with E-state index < -0.39 is 0 Å². The molecule has 2 aromatic rings. The van der Waals surface area contributed by atoms with Crippen molar-refractivity contribution in [3.63, 3.8) is 0 Å². The minimum atomic E-state index is 0.706. The summed E-state index contributed by atoms with van der Waals surface area (Å²) in [6.45, 7) is 7.89. The first-order valence-corrected chi connectivity index (χ1v) is 9.13. The summed E-state index contributed by atoms with van der Waals surface area (Å²) < 4.78 is 0. The van der Waals surface area contributed by atoms with Crippen LogP contribution in [0.25, 0.3) is 11.3 Å². The number of nitrogens with zero attached hydrogens (tertiary/aromatic N) is 3. The summed E-state index contributed by atoms with van der Waals surface area (Å²) in [6.07, 6.45) is 3.23. The van der Waals surface area contributed by atoms with Crippen LogP contribution in [-0.2, 0) is 6.54 Å². The molecule has 2 saturated heterocycles. The van der Waals surface area contributed by atoms with Crippen molar-refractivity contribution in [2.75, 3.05) is 39.3 Å². The average Bonchev–Trinajstić information content (AvgIpc) is 3.27. The molecule has 6 heteroatoms. The van der Waals surface area contributed by atoms with Crippen molar-refractivity contribution in [1.82, 2.24) is 25.3 Å². The quantitative estimate of drug-likeness (QED) is 0.892. The topological polar surface area (TPSA) is 47.2 Å². The Morgan fingerprint density at radius 2 is 1.92 bits per heavy atom. The van der Waals surface area contributed by atoms with Gasteiger partial charge in [-0.1, -0.05) is 23.7 Å². The van der Waals surface area contributed by atoms with Crippen molar-refractivity contribution in [1.29, 1.82) is 0 Å². The van der Waals surface area contributed by atoms with Crippen molar-refractivity contribution in [2.45, 2.75) is 19.0 Å². The molecular formula is C18H24ClN5. The van der Waals surface area contributed by atoms with Gasteiger partial charge in [-0.05, 0) is 24.1 Å². The molecule has 1 atom stereocenters. The molecule has 3 heterocycles. The summed E-state index contributed by atoms with van der Waals surface area (Å²) in [5.41, 5.74) is 3.51. The molecule has 2 N–H and O–H groups in total. The number of hydrogen-bond donors (Lipinski definition) is 2. The molecule has 0 spiro atoms. The van der Waals surface area contributed by atoms with E-state index in [1.807, 2.05) is 30.5 Å². The Morgan fingerprint density at radius 3 is 2.71 bits per heavy atom. The zero-order valence-corrected chi connectivity index (χ0v) is 14.6. The molecule has 0 aliphatic carbocycles. The van der Waals surface area contributed by atoms with Gasteiger partial charge in [0.15, 0.2) is 0 Å². The SMILES string of the molecule is Clc1ccc(-c2[nH]ncc2CN2CCC(N3CCNCC3)C2)cc1. The van der Waals surface area contributed by atoms with Gasteiger partial charge in [-0.3, -0.25) is 14.9 Å². The van der Waals surface area contributed by atoms with E-state index in [-0.39, 0.29) is 0 Å². The second-order valence-electron chi connectivity index (χ2n) is 6.74. The predicted molar refractivity (Wildman–Crippen MR) is 97.2 cm³/mol. The van der Waals surface area contributed by atoms with Crippen molar-refractivity contribution >= 4 is 11.6 Å². The van der Waals surface area contributed by atoms with Crippen LogP contribution in [0.15, 0.2) is 30.5 Å². The van der Waals surface area contributed by atoms with Crippen LogP contribution in [0.1, 0.15) is 12.0 Å². The van der Waals surface area contributed by atoms with E-state index in [9.17, 15) is 0 Å². The van der Waals surface area contributed by atoms with Gasteiger partial charge in [-0.2, -0.15) is 5.10 Å². The van der Waals surface area contributed by atoms with E-state index in [1.165, 1.54) is 31.6 Å². The van der Waals surface area contributed by atoms with Gasteiger partial charge in [-0.25, -0.2) is 0 Å². The molecule has 24 heavy (non-hydrogen) atoms. The number of likely N-dealkylation sites (tertiary alicyclic amines) is 1. The van der Waals surface area contributed by atoms with Gasteiger partial charge in [0.25, 0.3) is 0 Å². The Bertz CT molecular complexity index is 662. The van der Waals surface area contributed by atoms with Crippen LogP contribution in [-0.4, -0.2) is 65.3 Å². The van der Waals surface area contributed by atoms with Crippen LogP contribution in [0.4, 0.5) is 0 Å². The van der Waals surface area contributed by atoms with E-state index in [4.69, 9.17) is 11.6 Å². The smallest absolute Gasteiger partial charge is 0.0695 e. The van der Waals surface area contributed by atoms with Crippen LogP contribution in [0.3, 0.4) is 0 Å². The lowest BCUT2D eigenvalue weighted by molar-refractivity contribution is 0.170. The maximum absolute atomic E-state index is 6.00. The third kappa shape index (κ3) is 3.49. The molecule has 0 bridgehead atoms. The fourth-order valence-electron chi connectivity index (χ4n) is 3.84. The van der Waals surface area contributed by atoms with Crippen LogP contribution < -0.4 is 5.32 Å². The van der Waals surface area contributed by atoms with Crippen molar-refractivity contribution in [3.05, 3.63) is 41.0 Å². The minimum absolute atomic E-state index is 0.706. The van der Waals surface area contributed by atoms with Gasteiger partial charge in [0.2, 0.25) is 0 Å². The highest BCUT2D eigenvalue weighted by Gasteiger charge is 2.28. The van der Waals surface area contributed by atoms with Crippen LogP contribution in [0.5, 0.6) is 0 Å². The molecule has 0 amide bonds. The van der Waals surface area contributed by atoms with Crippen LogP contribution in [0, 0.1) is 0 Å². The van der Waals surface area contributed by atoms with E-state index in [1.54, 1.807) is 0 Å². The minimum Gasteiger partial charge on any atom is -0.314 e. The highest BCUT2D eigenvalue weighted by Crippen LogP contribution is 2.26. The molecule has 2 fully saturated rings. The first-order chi connectivity index (χ1) is 11.8. The number of aromatic nitrogens is 2. The van der Waals surface area contributed by atoms with Crippen molar-refractivity contribution in [2.24, 2.45) is 0 Å². The number of rotatable bonds is 4. The molecule has 2 aliphatic heterocycles. The Hall–Kier alpha value is -1.40. The number of halogens is 1. The third-order valence-electron chi connectivity index (χ3n) is 5.16. The summed E-state index contributed by atoms with van der Waals surface area (Å²) in [5.74, 6) is 0. The van der Waals surface area contributed by atoms with Gasteiger partial charge in [-0.15, -0.1) is 0 Å². The molecular weight excluding hydrogens is 322 g/mol. The van der Waals surface area contributed by atoms with Gasteiger partial charge in [0.1, 0.15) is 0 Å². The molecule has 4 rings (SSSR count). The average molecular weight is 346 g/mol. The second kappa shape index (κ2) is 7.23. The lowest BCUT2D eigenvalue weighted by Gasteiger charge is -2.32.